The van der Waals surface area contributed by atoms with Gasteiger partial charge in [0.25, 0.3) is 5.56 Å². The molecule has 1 saturated carbocycles. The van der Waals surface area contributed by atoms with Crippen LogP contribution in [0.25, 0.3) is 11.1 Å². The van der Waals surface area contributed by atoms with Crippen LogP contribution in [0.3, 0.4) is 0 Å². The molecule has 1 heterocycles. The molecule has 0 amide bonds. The molecule has 1 aromatic heterocycles. The summed E-state index contributed by atoms with van der Waals surface area (Å²) >= 11 is 0. The topological polar surface area (TPSA) is 70.0 Å². The fourth-order valence-electron chi connectivity index (χ4n) is 3.71. The summed E-state index contributed by atoms with van der Waals surface area (Å²) in [6.45, 7) is 2.29. The van der Waals surface area contributed by atoms with E-state index in [0.717, 1.165) is 23.0 Å². The van der Waals surface area contributed by atoms with Gasteiger partial charge in [-0.2, -0.15) is 0 Å². The zero-order chi connectivity index (χ0) is 20.5. The van der Waals surface area contributed by atoms with E-state index in [9.17, 15) is 14.0 Å². The van der Waals surface area contributed by atoms with Gasteiger partial charge in [-0.3, -0.25) is 13.9 Å². The number of hydrogen-bond donors (Lipinski definition) is 1. The number of hydrogen-bond acceptors (Lipinski definition) is 3. The minimum Gasteiger partial charge on any atom is -0.322 e. The Morgan fingerprint density at radius 2 is 1.69 bits per heavy atom. The van der Waals surface area contributed by atoms with Crippen molar-refractivity contribution in [3.63, 3.8) is 0 Å². The summed E-state index contributed by atoms with van der Waals surface area (Å²) in [6.07, 6.45) is 2.12. The summed E-state index contributed by atoms with van der Waals surface area (Å²) < 4.78 is 17.3. The Morgan fingerprint density at radius 3 is 2.34 bits per heavy atom. The second-order valence-electron chi connectivity index (χ2n) is 7.71. The Bertz CT molecular complexity index is 1150. The fourth-order valence-corrected chi connectivity index (χ4v) is 3.71. The maximum atomic E-state index is 14.5. The van der Waals surface area contributed by atoms with Crippen LogP contribution in [0, 0.1) is 18.7 Å². The maximum absolute atomic E-state index is 14.5. The van der Waals surface area contributed by atoms with Gasteiger partial charge < -0.3 is 5.73 Å². The van der Waals surface area contributed by atoms with E-state index < -0.39 is 17.4 Å². The summed E-state index contributed by atoms with van der Waals surface area (Å²) in [5.74, 6) is -0.0585. The molecule has 5 nitrogen and oxygen atoms in total. The van der Waals surface area contributed by atoms with Crippen molar-refractivity contribution >= 4 is 0 Å². The fraction of sp³-hybridized carbons (Fsp3) is 0.304. The van der Waals surface area contributed by atoms with Gasteiger partial charge in [0.1, 0.15) is 5.82 Å². The predicted molar refractivity (Wildman–Crippen MR) is 111 cm³/mol. The number of benzene rings is 2. The first-order valence-electron chi connectivity index (χ1n) is 9.87. The maximum Gasteiger partial charge on any atom is 0.331 e. The molecule has 0 aliphatic heterocycles. The van der Waals surface area contributed by atoms with Gasteiger partial charge in [-0.05, 0) is 37.3 Å². The summed E-state index contributed by atoms with van der Waals surface area (Å²) in [4.78, 5) is 26.5. The largest absolute Gasteiger partial charge is 0.331 e. The Morgan fingerprint density at radius 1 is 1.03 bits per heavy atom. The second kappa shape index (κ2) is 7.79. The van der Waals surface area contributed by atoms with E-state index in [-0.39, 0.29) is 23.4 Å². The molecule has 0 saturated heterocycles. The van der Waals surface area contributed by atoms with Crippen LogP contribution in [0.5, 0.6) is 0 Å². The minimum absolute atomic E-state index is 0.0358. The smallest absolute Gasteiger partial charge is 0.322 e. The van der Waals surface area contributed by atoms with Gasteiger partial charge in [-0.25, -0.2) is 9.18 Å². The highest BCUT2D eigenvalue weighted by Crippen LogP contribution is 2.31. The lowest BCUT2D eigenvalue weighted by molar-refractivity contribution is 0.484. The van der Waals surface area contributed by atoms with E-state index in [1.165, 1.54) is 6.07 Å². The monoisotopic (exact) mass is 393 g/mol. The standard InChI is InChI=1S/C23H24FN3O2/c1-15-21(18-9-5-6-10-19(18)24)22(28)27(23(29)26(15)13-16-11-12-16)14-20(25)17-7-3-2-4-8-17/h2-10,16,20H,11-14,25H2,1H3/t20-/m0/s1. The molecule has 2 N–H and O–H groups in total. The van der Waals surface area contributed by atoms with Crippen LogP contribution in [0.15, 0.2) is 64.2 Å². The number of aromatic nitrogens is 2. The van der Waals surface area contributed by atoms with Crippen LogP contribution in [-0.4, -0.2) is 9.13 Å². The van der Waals surface area contributed by atoms with Crippen LogP contribution in [-0.2, 0) is 13.1 Å². The number of nitrogens with two attached hydrogens (primary N) is 1. The average molecular weight is 393 g/mol. The molecule has 1 atom stereocenters. The SMILES string of the molecule is Cc1c(-c2ccccc2F)c(=O)n(C[C@H](N)c2ccccc2)c(=O)n1CC1CC1. The van der Waals surface area contributed by atoms with Crippen molar-refractivity contribution in [2.75, 3.05) is 0 Å². The minimum atomic E-state index is -0.521. The van der Waals surface area contributed by atoms with E-state index in [4.69, 9.17) is 5.73 Å². The van der Waals surface area contributed by atoms with Gasteiger partial charge >= 0.3 is 5.69 Å². The van der Waals surface area contributed by atoms with Crippen LogP contribution < -0.4 is 17.0 Å². The average Bonchev–Trinajstić information content (AvgIpc) is 3.55. The molecule has 4 rings (SSSR count). The zero-order valence-corrected chi connectivity index (χ0v) is 16.3. The van der Waals surface area contributed by atoms with Crippen LogP contribution in [0.2, 0.25) is 0 Å². The Kier molecular flexibility index (Phi) is 5.20. The first kappa shape index (κ1) is 19.3. The lowest BCUT2D eigenvalue weighted by Gasteiger charge is -2.20. The summed E-state index contributed by atoms with van der Waals surface area (Å²) in [6, 6.07) is 15.0. The molecule has 0 bridgehead atoms. The quantitative estimate of drug-likeness (QED) is 0.699. The van der Waals surface area contributed by atoms with Crippen molar-refractivity contribution in [1.82, 2.24) is 9.13 Å². The molecular weight excluding hydrogens is 369 g/mol. The van der Waals surface area contributed by atoms with Crippen molar-refractivity contribution in [2.45, 2.75) is 38.9 Å². The van der Waals surface area contributed by atoms with E-state index in [2.05, 4.69) is 0 Å². The van der Waals surface area contributed by atoms with Crippen LogP contribution in [0.1, 0.15) is 30.1 Å². The summed E-state index contributed by atoms with van der Waals surface area (Å²) in [7, 11) is 0. The van der Waals surface area contributed by atoms with Crippen molar-refractivity contribution in [3.8, 4) is 11.1 Å². The molecule has 1 fully saturated rings. The van der Waals surface area contributed by atoms with Crippen molar-refractivity contribution in [2.24, 2.45) is 11.7 Å². The van der Waals surface area contributed by atoms with Gasteiger partial charge in [0.15, 0.2) is 0 Å². The van der Waals surface area contributed by atoms with E-state index in [1.54, 1.807) is 29.7 Å². The normalized spacial score (nSPS) is 14.7. The summed E-state index contributed by atoms with van der Waals surface area (Å²) in [5.41, 5.74) is 7.19. The molecule has 2 aromatic carbocycles. The molecule has 3 aromatic rings. The highest BCUT2D eigenvalue weighted by molar-refractivity contribution is 5.65. The van der Waals surface area contributed by atoms with E-state index in [1.807, 2.05) is 30.3 Å². The van der Waals surface area contributed by atoms with Gasteiger partial charge in [0.05, 0.1) is 12.1 Å². The van der Waals surface area contributed by atoms with Gasteiger partial charge in [0, 0.05) is 23.8 Å². The lowest BCUT2D eigenvalue weighted by Crippen LogP contribution is -2.44. The Labute approximate surface area is 168 Å². The van der Waals surface area contributed by atoms with Crippen molar-refractivity contribution in [3.05, 3.63) is 92.5 Å². The van der Waals surface area contributed by atoms with Crippen molar-refractivity contribution in [1.29, 1.82) is 0 Å². The van der Waals surface area contributed by atoms with Gasteiger partial charge in [-0.15, -0.1) is 0 Å². The highest BCUT2D eigenvalue weighted by Gasteiger charge is 2.27. The molecule has 29 heavy (non-hydrogen) atoms. The molecule has 1 aliphatic rings. The third-order valence-corrected chi connectivity index (χ3v) is 5.58. The third-order valence-electron chi connectivity index (χ3n) is 5.58. The second-order valence-corrected chi connectivity index (χ2v) is 7.71. The molecule has 1 aliphatic carbocycles. The first-order chi connectivity index (χ1) is 14.0. The van der Waals surface area contributed by atoms with Crippen LogP contribution in [0.4, 0.5) is 4.39 Å². The highest BCUT2D eigenvalue weighted by atomic mass is 19.1. The Hall–Kier alpha value is -2.99. The molecule has 6 heteroatoms. The number of rotatable bonds is 6. The van der Waals surface area contributed by atoms with Crippen LogP contribution >= 0.6 is 0 Å². The molecule has 0 radical (unpaired) electrons. The summed E-state index contributed by atoms with van der Waals surface area (Å²) in [5, 5.41) is 0. The molecule has 0 spiro atoms. The van der Waals surface area contributed by atoms with E-state index >= 15 is 0 Å². The number of nitrogens with zero attached hydrogens (tertiary/aromatic N) is 2. The predicted octanol–water partition coefficient (Wildman–Crippen LogP) is 3.23. The van der Waals surface area contributed by atoms with E-state index in [0.29, 0.717) is 18.2 Å². The lowest BCUT2D eigenvalue weighted by atomic mass is 10.0. The van der Waals surface area contributed by atoms with Gasteiger partial charge in [-0.1, -0.05) is 48.5 Å². The zero-order valence-electron chi connectivity index (χ0n) is 16.3. The van der Waals surface area contributed by atoms with Crippen molar-refractivity contribution < 1.29 is 4.39 Å². The Balaban J connectivity index is 1.88. The molecule has 150 valence electrons. The van der Waals surface area contributed by atoms with Gasteiger partial charge in [0.2, 0.25) is 0 Å². The first-order valence-corrected chi connectivity index (χ1v) is 9.87. The number of halogens is 1. The molecule has 0 unspecified atom stereocenters. The molecular formula is C23H24FN3O2. The third kappa shape index (κ3) is 3.80.